The van der Waals surface area contributed by atoms with Crippen molar-refractivity contribution in [2.24, 2.45) is 5.92 Å². The van der Waals surface area contributed by atoms with Gasteiger partial charge in [0.1, 0.15) is 24.7 Å². The molecular weight excluding hydrogens is 365 g/mol. The predicted molar refractivity (Wildman–Crippen MR) is 99.4 cm³/mol. The van der Waals surface area contributed by atoms with Crippen LogP contribution in [0.5, 0.6) is 17.2 Å². The highest BCUT2D eigenvalue weighted by molar-refractivity contribution is 5.71. The normalized spacial score (nSPS) is 19.3. The molecular formula is C21H22FNO5. The summed E-state index contributed by atoms with van der Waals surface area (Å²) < 4.78 is 30.2. The fraction of sp³-hybridized carbons (Fsp3) is 0.381. The first-order chi connectivity index (χ1) is 13.5. The van der Waals surface area contributed by atoms with Gasteiger partial charge in [0.2, 0.25) is 0 Å². The first-order valence-corrected chi connectivity index (χ1v) is 9.21. The number of carboxylic acid groups (broad SMARTS) is 1. The van der Waals surface area contributed by atoms with E-state index in [1.54, 1.807) is 12.1 Å². The van der Waals surface area contributed by atoms with Crippen LogP contribution in [0.15, 0.2) is 36.4 Å². The Bertz CT molecular complexity index is 881. The number of likely N-dealkylation sites (tertiary alicyclic amines) is 1. The van der Waals surface area contributed by atoms with Crippen molar-refractivity contribution < 1.29 is 28.5 Å². The molecule has 0 aromatic heterocycles. The molecule has 148 valence electrons. The van der Waals surface area contributed by atoms with Crippen molar-refractivity contribution in [1.82, 2.24) is 4.90 Å². The lowest BCUT2D eigenvalue weighted by molar-refractivity contribution is -0.149. The molecule has 28 heavy (non-hydrogen) atoms. The quantitative estimate of drug-likeness (QED) is 0.822. The zero-order valence-corrected chi connectivity index (χ0v) is 15.6. The van der Waals surface area contributed by atoms with E-state index in [2.05, 4.69) is 4.90 Å². The molecule has 2 heterocycles. The van der Waals surface area contributed by atoms with Gasteiger partial charge in [-0.3, -0.25) is 9.69 Å². The largest absolute Gasteiger partial charge is 0.494 e. The third kappa shape index (κ3) is 3.75. The van der Waals surface area contributed by atoms with Crippen molar-refractivity contribution in [3.8, 4) is 17.2 Å². The van der Waals surface area contributed by atoms with Crippen LogP contribution in [0.2, 0.25) is 0 Å². The second-order valence-corrected chi connectivity index (χ2v) is 7.19. The van der Waals surface area contributed by atoms with Crippen molar-refractivity contribution in [2.45, 2.75) is 19.1 Å². The Balaban J connectivity index is 1.36. The highest BCUT2D eigenvalue weighted by atomic mass is 19.1. The SMILES string of the molecule is COc1cc(COc2ccc3c(c2)OCC(N2CC(C(=O)O)C2)C3)ccc1F. The smallest absolute Gasteiger partial charge is 0.309 e. The van der Waals surface area contributed by atoms with Crippen LogP contribution in [-0.4, -0.2) is 48.8 Å². The minimum atomic E-state index is -0.728. The molecule has 2 aliphatic rings. The van der Waals surface area contributed by atoms with Gasteiger partial charge in [0.05, 0.1) is 13.0 Å². The fourth-order valence-electron chi connectivity index (χ4n) is 3.59. The monoisotopic (exact) mass is 387 g/mol. The number of aliphatic carboxylic acids is 1. The number of ether oxygens (including phenoxy) is 3. The van der Waals surface area contributed by atoms with E-state index in [1.165, 1.54) is 13.2 Å². The molecule has 4 rings (SSSR count). The Hall–Kier alpha value is -2.80. The Morgan fingerprint density at radius 3 is 2.86 bits per heavy atom. The molecule has 1 fully saturated rings. The average molecular weight is 387 g/mol. The van der Waals surface area contributed by atoms with E-state index in [0.717, 1.165) is 23.3 Å². The topological polar surface area (TPSA) is 68.2 Å². The second kappa shape index (κ2) is 7.67. The number of benzene rings is 2. The number of fused-ring (bicyclic) bond motifs is 1. The molecule has 6 nitrogen and oxygen atoms in total. The Labute approximate surface area is 162 Å². The first kappa shape index (κ1) is 18.6. The number of nitrogens with zero attached hydrogens (tertiary/aromatic N) is 1. The van der Waals surface area contributed by atoms with Crippen molar-refractivity contribution in [2.75, 3.05) is 26.8 Å². The molecule has 1 N–H and O–H groups in total. The number of halogens is 1. The molecule has 0 bridgehead atoms. The molecule has 1 saturated heterocycles. The summed E-state index contributed by atoms with van der Waals surface area (Å²) in [5, 5.41) is 9.02. The number of methoxy groups -OCH3 is 1. The number of hydrogen-bond acceptors (Lipinski definition) is 5. The number of carbonyl (C=O) groups is 1. The third-order valence-electron chi connectivity index (χ3n) is 5.32. The van der Waals surface area contributed by atoms with Crippen LogP contribution in [-0.2, 0) is 17.8 Å². The van der Waals surface area contributed by atoms with E-state index >= 15 is 0 Å². The lowest BCUT2D eigenvalue weighted by atomic mass is 9.93. The van der Waals surface area contributed by atoms with Crippen LogP contribution >= 0.6 is 0 Å². The minimum Gasteiger partial charge on any atom is -0.494 e. The van der Waals surface area contributed by atoms with Crippen LogP contribution in [0, 0.1) is 11.7 Å². The lowest BCUT2D eigenvalue weighted by Crippen LogP contribution is -2.57. The Morgan fingerprint density at radius 2 is 2.11 bits per heavy atom. The van der Waals surface area contributed by atoms with Gasteiger partial charge in [-0.1, -0.05) is 12.1 Å². The van der Waals surface area contributed by atoms with E-state index < -0.39 is 11.8 Å². The summed E-state index contributed by atoms with van der Waals surface area (Å²) in [6, 6.07) is 10.6. The summed E-state index contributed by atoms with van der Waals surface area (Å²) in [6.45, 7) is 2.00. The van der Waals surface area contributed by atoms with Crippen molar-refractivity contribution >= 4 is 5.97 Å². The fourth-order valence-corrected chi connectivity index (χ4v) is 3.59. The molecule has 0 spiro atoms. The van der Waals surface area contributed by atoms with Gasteiger partial charge in [-0.05, 0) is 35.7 Å². The van der Waals surface area contributed by atoms with Crippen molar-refractivity contribution in [3.05, 3.63) is 53.3 Å². The molecule has 0 radical (unpaired) electrons. The van der Waals surface area contributed by atoms with Crippen LogP contribution in [0.3, 0.4) is 0 Å². The standard InChI is InChI=1S/C21H22FNO5/c1-26-20-6-13(2-5-18(20)22)11-27-17-4-3-14-7-16(12-28-19(14)8-17)23-9-15(10-23)21(24)25/h2-6,8,15-16H,7,9-12H2,1H3,(H,24,25). The van der Waals surface area contributed by atoms with Gasteiger partial charge in [-0.25, -0.2) is 4.39 Å². The van der Waals surface area contributed by atoms with E-state index in [9.17, 15) is 9.18 Å². The second-order valence-electron chi connectivity index (χ2n) is 7.19. The van der Waals surface area contributed by atoms with Crippen LogP contribution < -0.4 is 14.2 Å². The van der Waals surface area contributed by atoms with Crippen LogP contribution in [0.4, 0.5) is 4.39 Å². The van der Waals surface area contributed by atoms with Gasteiger partial charge < -0.3 is 19.3 Å². The minimum absolute atomic E-state index is 0.192. The maximum absolute atomic E-state index is 13.5. The molecule has 0 amide bonds. The van der Waals surface area contributed by atoms with E-state index in [-0.39, 0.29) is 17.7 Å². The van der Waals surface area contributed by atoms with Crippen molar-refractivity contribution in [3.63, 3.8) is 0 Å². The number of rotatable bonds is 6. The van der Waals surface area contributed by atoms with Gasteiger partial charge in [0.25, 0.3) is 0 Å². The van der Waals surface area contributed by atoms with Crippen molar-refractivity contribution in [1.29, 1.82) is 0 Å². The van der Waals surface area contributed by atoms with Gasteiger partial charge in [0.15, 0.2) is 11.6 Å². The molecule has 2 aromatic carbocycles. The Kier molecular flexibility index (Phi) is 5.09. The average Bonchev–Trinajstić information content (AvgIpc) is 2.65. The molecule has 7 heteroatoms. The van der Waals surface area contributed by atoms with E-state index in [4.69, 9.17) is 19.3 Å². The highest BCUT2D eigenvalue weighted by Gasteiger charge is 2.38. The predicted octanol–water partition coefficient (Wildman–Crippen LogP) is 2.73. The number of hydrogen-bond donors (Lipinski definition) is 1. The van der Waals surface area contributed by atoms with Gasteiger partial charge in [-0.2, -0.15) is 0 Å². The highest BCUT2D eigenvalue weighted by Crippen LogP contribution is 2.33. The molecule has 0 saturated carbocycles. The molecule has 1 unspecified atom stereocenters. The lowest BCUT2D eigenvalue weighted by Gasteiger charge is -2.43. The summed E-state index contributed by atoms with van der Waals surface area (Å²) in [5.41, 5.74) is 1.90. The maximum atomic E-state index is 13.5. The summed E-state index contributed by atoms with van der Waals surface area (Å²) >= 11 is 0. The third-order valence-corrected chi connectivity index (χ3v) is 5.32. The summed E-state index contributed by atoms with van der Waals surface area (Å²) in [4.78, 5) is 13.1. The Morgan fingerprint density at radius 1 is 1.29 bits per heavy atom. The van der Waals surface area contributed by atoms with E-state index in [1.807, 2.05) is 18.2 Å². The van der Waals surface area contributed by atoms with Crippen LogP contribution in [0.1, 0.15) is 11.1 Å². The maximum Gasteiger partial charge on any atom is 0.309 e. The van der Waals surface area contributed by atoms with Crippen LogP contribution in [0.25, 0.3) is 0 Å². The summed E-state index contributed by atoms with van der Waals surface area (Å²) in [6.07, 6.45) is 0.830. The molecule has 2 aliphatic heterocycles. The van der Waals surface area contributed by atoms with E-state index in [0.29, 0.717) is 32.1 Å². The zero-order chi connectivity index (χ0) is 19.7. The molecule has 0 aliphatic carbocycles. The summed E-state index contributed by atoms with van der Waals surface area (Å²) in [5.74, 6) is 0.268. The molecule has 1 atom stereocenters. The van der Waals surface area contributed by atoms with Gasteiger partial charge in [0, 0.05) is 25.2 Å². The number of carboxylic acids is 1. The zero-order valence-electron chi connectivity index (χ0n) is 15.6. The summed E-state index contributed by atoms with van der Waals surface area (Å²) in [7, 11) is 1.43. The first-order valence-electron chi connectivity index (χ1n) is 9.21. The van der Waals surface area contributed by atoms with Gasteiger partial charge in [-0.15, -0.1) is 0 Å². The van der Waals surface area contributed by atoms with Gasteiger partial charge >= 0.3 is 5.97 Å². The molecule has 2 aromatic rings.